The number of ether oxygens (including phenoxy) is 2. The molecule has 2 aromatic carbocycles. The van der Waals surface area contributed by atoms with Gasteiger partial charge in [-0.1, -0.05) is 48.0 Å². The third-order valence-corrected chi connectivity index (χ3v) is 5.28. The molecular weight excluding hydrogens is 366 g/mol. The van der Waals surface area contributed by atoms with Crippen LogP contribution in [0.3, 0.4) is 0 Å². The molecule has 3 rings (SSSR count). The highest BCUT2D eigenvalue weighted by Crippen LogP contribution is 2.22. The molecule has 0 spiro atoms. The van der Waals surface area contributed by atoms with Gasteiger partial charge in [-0.25, -0.2) is 4.79 Å². The van der Waals surface area contributed by atoms with Gasteiger partial charge in [0.1, 0.15) is 5.75 Å². The summed E-state index contributed by atoms with van der Waals surface area (Å²) in [6.45, 7) is 6.40. The predicted molar refractivity (Wildman–Crippen MR) is 114 cm³/mol. The van der Waals surface area contributed by atoms with E-state index >= 15 is 0 Å². The fourth-order valence-corrected chi connectivity index (χ4v) is 3.61. The second-order valence-corrected chi connectivity index (χ2v) is 7.27. The zero-order valence-corrected chi connectivity index (χ0v) is 17.3. The van der Waals surface area contributed by atoms with Crippen LogP contribution >= 0.6 is 0 Å². The van der Waals surface area contributed by atoms with Gasteiger partial charge in [-0.3, -0.25) is 4.90 Å². The predicted octanol–water partition coefficient (Wildman–Crippen LogP) is 2.92. The number of carbonyl (C=O) groups is 1. The van der Waals surface area contributed by atoms with Crippen molar-refractivity contribution in [2.75, 3.05) is 46.5 Å². The van der Waals surface area contributed by atoms with Crippen LogP contribution in [0.1, 0.15) is 22.7 Å². The number of benzene rings is 2. The van der Waals surface area contributed by atoms with E-state index in [1.54, 1.807) is 7.11 Å². The zero-order chi connectivity index (χ0) is 20.5. The van der Waals surface area contributed by atoms with Gasteiger partial charge in [0, 0.05) is 26.2 Å². The van der Waals surface area contributed by atoms with Crippen LogP contribution in [-0.4, -0.2) is 57.4 Å². The monoisotopic (exact) mass is 397 g/mol. The maximum absolute atomic E-state index is 12.4. The Morgan fingerprint density at radius 1 is 1.10 bits per heavy atom. The van der Waals surface area contributed by atoms with E-state index in [1.165, 1.54) is 11.1 Å². The number of methoxy groups -OCH3 is 1. The molecule has 2 aromatic rings. The standard InChI is InChI=1S/C23H31N3O3/c1-18-7-9-19(10-8-18)21(26-13-15-29-16-14-26)17-25-23(27)24-12-11-20-5-3-4-6-22(20)28-2/h3-10,21H,11-17H2,1-2H3,(H2,24,25,27). The lowest BCUT2D eigenvalue weighted by atomic mass is 10.0. The van der Waals surface area contributed by atoms with E-state index in [0.29, 0.717) is 13.1 Å². The number of rotatable bonds is 8. The summed E-state index contributed by atoms with van der Waals surface area (Å²) in [5, 5.41) is 6.00. The van der Waals surface area contributed by atoms with E-state index in [2.05, 4.69) is 46.7 Å². The van der Waals surface area contributed by atoms with Gasteiger partial charge in [0.15, 0.2) is 0 Å². The Morgan fingerprint density at radius 3 is 2.55 bits per heavy atom. The van der Waals surface area contributed by atoms with Crippen LogP contribution in [0.15, 0.2) is 48.5 Å². The normalized spacial score (nSPS) is 15.5. The molecule has 1 aliphatic rings. The number of nitrogens with one attached hydrogen (secondary N) is 2. The summed E-state index contributed by atoms with van der Waals surface area (Å²) >= 11 is 0. The van der Waals surface area contributed by atoms with Gasteiger partial charge in [0.05, 0.1) is 26.4 Å². The molecule has 0 aromatic heterocycles. The van der Waals surface area contributed by atoms with Crippen LogP contribution in [0.4, 0.5) is 4.79 Å². The van der Waals surface area contributed by atoms with Crippen molar-refractivity contribution in [3.63, 3.8) is 0 Å². The van der Waals surface area contributed by atoms with E-state index in [-0.39, 0.29) is 12.1 Å². The summed E-state index contributed by atoms with van der Waals surface area (Å²) in [5.74, 6) is 0.849. The first kappa shape index (κ1) is 21.1. The molecule has 0 aliphatic carbocycles. The van der Waals surface area contributed by atoms with Crippen molar-refractivity contribution >= 4 is 6.03 Å². The Labute approximate surface area is 173 Å². The molecule has 6 nitrogen and oxygen atoms in total. The van der Waals surface area contributed by atoms with Gasteiger partial charge >= 0.3 is 6.03 Å². The first-order chi connectivity index (χ1) is 14.2. The van der Waals surface area contributed by atoms with Crippen LogP contribution in [0.25, 0.3) is 0 Å². The molecule has 2 amide bonds. The molecule has 1 saturated heterocycles. The lowest BCUT2D eigenvalue weighted by Crippen LogP contribution is -2.46. The third kappa shape index (κ3) is 6.21. The molecule has 1 unspecified atom stereocenters. The minimum atomic E-state index is -0.148. The van der Waals surface area contributed by atoms with Crippen molar-refractivity contribution in [3.8, 4) is 5.75 Å². The summed E-state index contributed by atoms with van der Waals surface area (Å²) in [4.78, 5) is 14.7. The fourth-order valence-electron chi connectivity index (χ4n) is 3.61. The highest BCUT2D eigenvalue weighted by Gasteiger charge is 2.23. The molecule has 6 heteroatoms. The second kappa shape index (κ2) is 10.8. The van der Waals surface area contributed by atoms with Crippen molar-refractivity contribution in [2.24, 2.45) is 0 Å². The molecule has 29 heavy (non-hydrogen) atoms. The number of nitrogens with zero attached hydrogens (tertiary/aromatic N) is 1. The Balaban J connectivity index is 1.52. The zero-order valence-electron chi connectivity index (χ0n) is 17.3. The van der Waals surface area contributed by atoms with Crippen LogP contribution in [-0.2, 0) is 11.2 Å². The first-order valence-corrected chi connectivity index (χ1v) is 10.2. The minimum absolute atomic E-state index is 0.138. The summed E-state index contributed by atoms with van der Waals surface area (Å²) in [7, 11) is 1.66. The number of para-hydroxylation sites is 1. The Bertz CT molecular complexity index is 773. The van der Waals surface area contributed by atoms with Gasteiger partial charge in [-0.2, -0.15) is 0 Å². The molecule has 0 saturated carbocycles. The average molecular weight is 398 g/mol. The Hall–Kier alpha value is -2.57. The van der Waals surface area contributed by atoms with Crippen LogP contribution in [0.5, 0.6) is 5.75 Å². The number of amides is 2. The average Bonchev–Trinajstić information content (AvgIpc) is 2.76. The summed E-state index contributed by atoms with van der Waals surface area (Å²) in [6.07, 6.45) is 0.724. The number of urea groups is 1. The highest BCUT2D eigenvalue weighted by molar-refractivity contribution is 5.73. The molecule has 1 aliphatic heterocycles. The summed E-state index contributed by atoms with van der Waals surface area (Å²) < 4.78 is 10.9. The quantitative estimate of drug-likeness (QED) is 0.719. The molecule has 156 valence electrons. The number of morpholine rings is 1. The van der Waals surface area contributed by atoms with Gasteiger partial charge < -0.3 is 20.1 Å². The molecule has 1 atom stereocenters. The largest absolute Gasteiger partial charge is 0.496 e. The number of hydrogen-bond donors (Lipinski definition) is 2. The van der Waals surface area contributed by atoms with Gasteiger partial charge in [0.2, 0.25) is 0 Å². The molecule has 2 N–H and O–H groups in total. The van der Waals surface area contributed by atoms with E-state index < -0.39 is 0 Å². The van der Waals surface area contributed by atoms with E-state index in [1.807, 2.05) is 24.3 Å². The van der Waals surface area contributed by atoms with E-state index in [4.69, 9.17) is 9.47 Å². The number of carbonyl (C=O) groups excluding carboxylic acids is 1. The van der Waals surface area contributed by atoms with E-state index in [9.17, 15) is 4.79 Å². The maximum Gasteiger partial charge on any atom is 0.314 e. The lowest BCUT2D eigenvalue weighted by Gasteiger charge is -2.35. The summed E-state index contributed by atoms with van der Waals surface area (Å²) in [6, 6.07) is 16.4. The smallest absolute Gasteiger partial charge is 0.314 e. The topological polar surface area (TPSA) is 62.8 Å². The SMILES string of the molecule is COc1ccccc1CCNC(=O)NCC(c1ccc(C)cc1)N1CCOCC1. The van der Waals surface area contributed by atoms with Crippen molar-refractivity contribution in [2.45, 2.75) is 19.4 Å². The van der Waals surface area contributed by atoms with Crippen molar-refractivity contribution in [3.05, 3.63) is 65.2 Å². The highest BCUT2D eigenvalue weighted by atomic mass is 16.5. The Kier molecular flexibility index (Phi) is 7.90. The number of hydrogen-bond acceptors (Lipinski definition) is 4. The third-order valence-electron chi connectivity index (χ3n) is 5.28. The van der Waals surface area contributed by atoms with Crippen LogP contribution in [0, 0.1) is 6.92 Å². The van der Waals surface area contributed by atoms with E-state index in [0.717, 1.165) is 44.0 Å². The molecular formula is C23H31N3O3. The van der Waals surface area contributed by atoms with Crippen molar-refractivity contribution < 1.29 is 14.3 Å². The van der Waals surface area contributed by atoms with Crippen LogP contribution < -0.4 is 15.4 Å². The maximum atomic E-state index is 12.4. The first-order valence-electron chi connectivity index (χ1n) is 10.2. The lowest BCUT2D eigenvalue weighted by molar-refractivity contribution is 0.0167. The number of aryl methyl sites for hydroxylation is 1. The Morgan fingerprint density at radius 2 is 1.83 bits per heavy atom. The molecule has 0 bridgehead atoms. The second-order valence-electron chi connectivity index (χ2n) is 7.27. The molecule has 0 radical (unpaired) electrons. The minimum Gasteiger partial charge on any atom is -0.496 e. The van der Waals surface area contributed by atoms with Gasteiger partial charge in [-0.15, -0.1) is 0 Å². The molecule has 1 fully saturated rings. The van der Waals surface area contributed by atoms with Crippen LogP contribution in [0.2, 0.25) is 0 Å². The van der Waals surface area contributed by atoms with Gasteiger partial charge in [-0.05, 0) is 30.5 Å². The van der Waals surface area contributed by atoms with Crippen molar-refractivity contribution in [1.82, 2.24) is 15.5 Å². The van der Waals surface area contributed by atoms with Gasteiger partial charge in [0.25, 0.3) is 0 Å². The molecule has 1 heterocycles. The fraction of sp³-hybridized carbons (Fsp3) is 0.435. The summed E-state index contributed by atoms with van der Waals surface area (Å²) in [5.41, 5.74) is 3.53. The van der Waals surface area contributed by atoms with Crippen molar-refractivity contribution in [1.29, 1.82) is 0 Å².